The van der Waals surface area contributed by atoms with Gasteiger partial charge in [-0.3, -0.25) is 9.59 Å². The van der Waals surface area contributed by atoms with E-state index in [9.17, 15) is 18.0 Å². The Kier molecular flexibility index (Phi) is 10.8. The van der Waals surface area contributed by atoms with Gasteiger partial charge in [0.15, 0.2) is 0 Å². The van der Waals surface area contributed by atoms with E-state index in [2.05, 4.69) is 10.2 Å². The zero-order valence-electron chi connectivity index (χ0n) is 22.8. The molecule has 0 bridgehead atoms. The Morgan fingerprint density at radius 1 is 1.05 bits per heavy atom. The van der Waals surface area contributed by atoms with Crippen LogP contribution in [0.15, 0.2) is 29.2 Å². The molecule has 0 spiro atoms. The summed E-state index contributed by atoms with van der Waals surface area (Å²) in [6.07, 6.45) is 0.746. The molecule has 1 N–H and O–H groups in total. The number of carbonyl (C=O) groups is 2. The van der Waals surface area contributed by atoms with Crippen LogP contribution < -0.4 is 5.32 Å². The van der Waals surface area contributed by atoms with Gasteiger partial charge in [0.1, 0.15) is 5.00 Å². The van der Waals surface area contributed by atoms with Crippen molar-refractivity contribution in [3.8, 4) is 0 Å². The van der Waals surface area contributed by atoms with Crippen LogP contribution in [0.2, 0.25) is 0 Å². The molecule has 0 saturated carbocycles. The minimum Gasteiger partial charge on any atom is -0.383 e. The van der Waals surface area contributed by atoms with Crippen molar-refractivity contribution in [1.82, 2.24) is 14.1 Å². The molecule has 0 fully saturated rings. The molecule has 2 aromatic rings. The van der Waals surface area contributed by atoms with E-state index in [4.69, 9.17) is 9.47 Å². The van der Waals surface area contributed by atoms with Crippen LogP contribution in [-0.4, -0.2) is 102 Å². The third-order valence-corrected chi connectivity index (χ3v) is 9.63. The van der Waals surface area contributed by atoms with Gasteiger partial charge in [-0.25, -0.2) is 8.42 Å². The number of hydrogen-bond donors (Lipinski definition) is 1. The lowest BCUT2D eigenvalue weighted by molar-refractivity contribution is 0.0772. The predicted molar refractivity (Wildman–Crippen MR) is 149 cm³/mol. The number of carbonyl (C=O) groups excluding carboxylic acids is 2. The Morgan fingerprint density at radius 2 is 1.66 bits per heavy atom. The highest BCUT2D eigenvalue weighted by Crippen LogP contribution is 2.38. The third kappa shape index (κ3) is 6.80. The zero-order valence-corrected chi connectivity index (χ0v) is 24.4. The molecular weight excluding hydrogens is 528 g/mol. The van der Waals surface area contributed by atoms with E-state index in [1.54, 1.807) is 4.90 Å². The quantitative estimate of drug-likeness (QED) is 0.397. The second-order valence-electron chi connectivity index (χ2n) is 9.04. The molecule has 3 rings (SSSR count). The summed E-state index contributed by atoms with van der Waals surface area (Å²) in [6.45, 7) is 7.47. The lowest BCUT2D eigenvalue weighted by Gasteiger charge is -2.24. The van der Waals surface area contributed by atoms with Gasteiger partial charge in [-0.15, -0.1) is 11.3 Å². The number of fused-ring (bicyclic) bond motifs is 1. The van der Waals surface area contributed by atoms with Crippen LogP contribution in [0.3, 0.4) is 0 Å². The summed E-state index contributed by atoms with van der Waals surface area (Å²) >= 11 is 1.43. The number of likely N-dealkylation sites (N-methyl/N-ethyl adjacent to an activating group) is 1. The SMILES string of the molecule is CCN(CC)C(=O)c1c(NC(=O)c2ccc(S(=O)(=O)N(CCOC)CCOC)cc2)sc2c1CCN(C)C2. The van der Waals surface area contributed by atoms with Gasteiger partial charge in [0.2, 0.25) is 10.0 Å². The number of benzene rings is 1. The smallest absolute Gasteiger partial charge is 0.257 e. The number of nitrogens with one attached hydrogen (secondary N) is 1. The molecule has 0 atom stereocenters. The number of sulfonamides is 1. The molecule has 2 amide bonds. The molecule has 1 aromatic carbocycles. The average molecular weight is 567 g/mol. The first-order valence-corrected chi connectivity index (χ1v) is 14.9. The summed E-state index contributed by atoms with van der Waals surface area (Å²) in [5, 5.41) is 3.48. The van der Waals surface area contributed by atoms with Crippen LogP contribution in [0.4, 0.5) is 5.00 Å². The molecule has 38 heavy (non-hydrogen) atoms. The van der Waals surface area contributed by atoms with Crippen molar-refractivity contribution in [2.24, 2.45) is 0 Å². The fraction of sp³-hybridized carbons (Fsp3) is 0.538. The maximum Gasteiger partial charge on any atom is 0.257 e. The molecule has 210 valence electrons. The number of thiophene rings is 1. The number of amides is 2. The fourth-order valence-corrected chi connectivity index (χ4v) is 7.08. The number of ether oxygens (including phenoxy) is 2. The van der Waals surface area contributed by atoms with Gasteiger partial charge in [0, 0.05) is 63.9 Å². The average Bonchev–Trinajstić information content (AvgIpc) is 3.25. The first-order valence-electron chi connectivity index (χ1n) is 12.7. The maximum absolute atomic E-state index is 13.4. The Labute approximate surface area is 229 Å². The monoisotopic (exact) mass is 566 g/mol. The van der Waals surface area contributed by atoms with Crippen LogP contribution in [-0.2, 0) is 32.5 Å². The number of anilines is 1. The van der Waals surface area contributed by atoms with Gasteiger partial charge in [-0.2, -0.15) is 4.31 Å². The van der Waals surface area contributed by atoms with E-state index in [1.165, 1.54) is 54.1 Å². The molecule has 12 heteroatoms. The number of methoxy groups -OCH3 is 2. The highest BCUT2D eigenvalue weighted by atomic mass is 32.2. The van der Waals surface area contributed by atoms with Crippen molar-refractivity contribution in [3.63, 3.8) is 0 Å². The largest absolute Gasteiger partial charge is 0.383 e. The molecule has 0 saturated heterocycles. The summed E-state index contributed by atoms with van der Waals surface area (Å²) in [5.41, 5.74) is 1.88. The van der Waals surface area contributed by atoms with Gasteiger partial charge < -0.3 is 24.6 Å². The first kappa shape index (κ1) is 30.2. The second kappa shape index (κ2) is 13.6. The van der Waals surface area contributed by atoms with E-state index in [0.29, 0.717) is 29.2 Å². The van der Waals surface area contributed by atoms with Crippen molar-refractivity contribution >= 4 is 38.2 Å². The molecule has 0 radical (unpaired) electrons. The van der Waals surface area contributed by atoms with E-state index >= 15 is 0 Å². The third-order valence-electron chi connectivity index (χ3n) is 6.58. The standard InChI is InChI=1S/C26H38N4O6S2/c1-6-29(7-2)26(32)23-21-12-13-28(3)18-22(21)37-25(23)27-24(31)19-8-10-20(11-9-19)38(33,34)30(14-16-35-4)15-17-36-5/h8-11H,6-7,12-18H2,1-5H3,(H,27,31). The Bertz CT molecular complexity index is 1200. The molecule has 1 aromatic heterocycles. The van der Waals surface area contributed by atoms with E-state index < -0.39 is 15.9 Å². The Morgan fingerprint density at radius 3 is 2.21 bits per heavy atom. The van der Waals surface area contributed by atoms with Gasteiger partial charge in [0.25, 0.3) is 11.8 Å². The van der Waals surface area contributed by atoms with Crippen LogP contribution in [0.25, 0.3) is 0 Å². The fourth-order valence-electron chi connectivity index (χ4n) is 4.36. The van der Waals surface area contributed by atoms with Gasteiger partial charge >= 0.3 is 0 Å². The molecule has 10 nitrogen and oxygen atoms in total. The molecular formula is C26H38N4O6S2. The number of rotatable bonds is 13. The van der Waals surface area contributed by atoms with Crippen molar-refractivity contribution < 1.29 is 27.5 Å². The Balaban J connectivity index is 1.86. The van der Waals surface area contributed by atoms with Gasteiger partial charge in [-0.1, -0.05) is 0 Å². The summed E-state index contributed by atoms with van der Waals surface area (Å²) in [6, 6.07) is 5.82. The van der Waals surface area contributed by atoms with Crippen molar-refractivity contribution in [3.05, 3.63) is 45.8 Å². The minimum absolute atomic E-state index is 0.0771. The van der Waals surface area contributed by atoms with E-state index in [-0.39, 0.29) is 37.1 Å². The topological polar surface area (TPSA) is 108 Å². The van der Waals surface area contributed by atoms with Crippen molar-refractivity contribution in [2.75, 3.05) is 72.5 Å². The van der Waals surface area contributed by atoms with E-state index in [0.717, 1.165) is 30.0 Å². The Hall–Kier alpha value is -2.35. The molecule has 0 aliphatic carbocycles. The van der Waals surface area contributed by atoms with Crippen LogP contribution in [0.1, 0.15) is 45.0 Å². The summed E-state index contributed by atoms with van der Waals surface area (Å²) in [7, 11) is 1.26. The normalized spacial score (nSPS) is 13.9. The zero-order chi connectivity index (χ0) is 27.9. The molecule has 0 unspecified atom stereocenters. The summed E-state index contributed by atoms with van der Waals surface area (Å²) < 4.78 is 37.7. The highest BCUT2D eigenvalue weighted by Gasteiger charge is 2.30. The first-order chi connectivity index (χ1) is 18.2. The predicted octanol–water partition coefficient (Wildman–Crippen LogP) is 2.75. The van der Waals surface area contributed by atoms with Crippen LogP contribution >= 0.6 is 11.3 Å². The van der Waals surface area contributed by atoms with Crippen LogP contribution in [0, 0.1) is 0 Å². The maximum atomic E-state index is 13.4. The molecule has 2 heterocycles. The lowest BCUT2D eigenvalue weighted by Crippen LogP contribution is -2.36. The lowest BCUT2D eigenvalue weighted by atomic mass is 10.0. The van der Waals surface area contributed by atoms with Crippen molar-refractivity contribution in [1.29, 1.82) is 0 Å². The number of nitrogens with zero attached hydrogens (tertiary/aromatic N) is 3. The summed E-state index contributed by atoms with van der Waals surface area (Å²) in [4.78, 5) is 31.7. The van der Waals surface area contributed by atoms with Gasteiger partial charge in [0.05, 0.1) is 23.7 Å². The summed E-state index contributed by atoms with van der Waals surface area (Å²) in [5.74, 6) is -0.480. The van der Waals surface area contributed by atoms with Crippen LogP contribution in [0.5, 0.6) is 0 Å². The minimum atomic E-state index is -3.80. The van der Waals surface area contributed by atoms with Crippen molar-refractivity contribution in [2.45, 2.75) is 31.7 Å². The molecule has 1 aliphatic heterocycles. The number of hydrogen-bond acceptors (Lipinski definition) is 8. The molecule has 1 aliphatic rings. The second-order valence-corrected chi connectivity index (χ2v) is 12.1. The van der Waals surface area contributed by atoms with E-state index in [1.807, 2.05) is 20.9 Å². The van der Waals surface area contributed by atoms with Gasteiger partial charge in [-0.05, 0) is 57.1 Å². The highest BCUT2D eigenvalue weighted by molar-refractivity contribution is 7.89.